The summed E-state index contributed by atoms with van der Waals surface area (Å²) in [6.07, 6.45) is 24.5. The zero-order valence-electron chi connectivity index (χ0n) is 84.5. The Kier molecular flexibility index (Phi) is 30.0. The molecule has 0 N–H and O–H groups in total. The molecule has 1 unspecified atom stereocenters. The lowest BCUT2D eigenvalue weighted by molar-refractivity contribution is -0.157. The summed E-state index contributed by atoms with van der Waals surface area (Å²) < 4.78 is 123. The second kappa shape index (κ2) is 40.7. The van der Waals surface area contributed by atoms with E-state index in [9.17, 15) is 73.1 Å². The average molecular weight is 1980 g/mol. The van der Waals surface area contributed by atoms with Gasteiger partial charge in [-0.05, 0) is 282 Å². The number of rotatable bonds is 14. The molecule has 16 atom stereocenters. The summed E-state index contributed by atoms with van der Waals surface area (Å²) in [6.45, 7) is 36.3. The molecule has 4 aromatic heterocycles. The molecule has 762 valence electrons. The van der Waals surface area contributed by atoms with Gasteiger partial charge >= 0.3 is 0 Å². The minimum absolute atomic E-state index is 0.0657. The van der Waals surface area contributed by atoms with Gasteiger partial charge in [-0.1, -0.05) is 46.8 Å². The van der Waals surface area contributed by atoms with Crippen molar-refractivity contribution >= 4 is 41.4 Å². The Bertz CT molecular complexity index is 5710. The van der Waals surface area contributed by atoms with Crippen LogP contribution in [0.15, 0.2) is 128 Å². The molecule has 14 fully saturated rings. The molecule has 14 aliphatic heterocycles. The van der Waals surface area contributed by atoms with Gasteiger partial charge in [0.1, 0.15) is 39.9 Å². The van der Waals surface area contributed by atoms with Crippen LogP contribution < -0.4 is 0 Å². The molecule has 35 heteroatoms. The van der Waals surface area contributed by atoms with Gasteiger partial charge in [-0.25, -0.2) is 64.6 Å². The van der Waals surface area contributed by atoms with Crippen LogP contribution in [-0.2, 0) is 33.6 Å². The van der Waals surface area contributed by atoms with E-state index in [4.69, 9.17) is 15.8 Å². The molecule has 143 heavy (non-hydrogen) atoms. The number of aryl methyl sites for hydroxylation is 2. The number of pyridine rings is 4. The Hall–Kier alpha value is -11.8. The van der Waals surface area contributed by atoms with Gasteiger partial charge in [0.25, 0.3) is 11.8 Å². The number of nitrogens with zero attached hydrogens (tertiary/aromatic N) is 19. The maximum absolute atomic E-state index is 13.9. The van der Waals surface area contributed by atoms with Gasteiger partial charge in [0.05, 0.1) is 117 Å². The van der Waals surface area contributed by atoms with E-state index in [0.29, 0.717) is 33.4 Å². The van der Waals surface area contributed by atoms with E-state index in [1.807, 2.05) is 123 Å². The standard InChI is InChI=1S/2C16H20F2N2O.3C16H18FN3O.2C14H18FN3O/c2*1-10-6-11(9-19-8-10)13-5-4-12-7-15(2,16(3,17)18)14(21)20(12)13;3*1-3-16(2)10-19-5-4-14(20(19)15(16)21)12-6-11(9-18)7-13(17)8-12;2*1-3-14(2)9-17-5-4-12(18(17)13(14)19)10-6-11(15)8-16-7-10/h2*6,8-9,12-13H,4-5,7H2,1-3H3;3*6-8,14H,3-5,10H2,1-2H3;2*6-8,12H,3-5,9H2,1-2H3/t12-,13+,15?;12-,13+,15+;14-,16+;2*14-,16-;12-,14+;12-,14-/m0001010/s1. The van der Waals surface area contributed by atoms with Gasteiger partial charge in [-0.3, -0.25) is 78.5 Å². The topological polar surface area (TPSA) is 281 Å². The summed E-state index contributed by atoms with van der Waals surface area (Å²) in [5.41, 5.74) is 3.72. The number of fused-ring (bicyclic) bond motifs is 7. The quantitative estimate of drug-likeness (QED) is 0.0914. The highest BCUT2D eigenvalue weighted by Crippen LogP contribution is 2.58. The zero-order valence-corrected chi connectivity index (χ0v) is 84.5. The number of hydrogen-bond donors (Lipinski definition) is 0. The fourth-order valence-electron chi connectivity index (χ4n) is 23.4. The van der Waals surface area contributed by atoms with E-state index in [-0.39, 0.29) is 135 Å². The predicted octanol–water partition coefficient (Wildman–Crippen LogP) is 19.1. The number of nitriles is 3. The number of aromatic nitrogens is 4. The first-order valence-corrected chi connectivity index (χ1v) is 50.0. The molecule has 14 saturated heterocycles. The summed E-state index contributed by atoms with van der Waals surface area (Å²) in [7, 11) is 0. The molecule has 26 nitrogen and oxygen atoms in total. The summed E-state index contributed by atoms with van der Waals surface area (Å²) in [5.74, 6) is -8.15. The van der Waals surface area contributed by atoms with Crippen LogP contribution in [0.25, 0.3) is 0 Å². The van der Waals surface area contributed by atoms with E-state index < -0.39 is 51.9 Å². The number of benzene rings is 3. The van der Waals surface area contributed by atoms with Crippen molar-refractivity contribution in [2.75, 3.05) is 65.4 Å². The number of alkyl halides is 4. The highest BCUT2D eigenvalue weighted by Gasteiger charge is 2.66. The molecular weight excluding hydrogens is 1850 g/mol. The number of halogens is 9. The zero-order chi connectivity index (χ0) is 104. The number of carbonyl (C=O) groups is 7. The summed E-state index contributed by atoms with van der Waals surface area (Å²) in [4.78, 5) is 108. The lowest BCUT2D eigenvalue weighted by Gasteiger charge is -2.31. The molecule has 3 aromatic carbocycles. The third kappa shape index (κ3) is 20.0. The average Bonchev–Trinajstić information content (AvgIpc) is 1.57. The molecular formula is C108H130F9N19O7. The SMILES string of the molecule is CC[C@@]1(C)CN2CC[C@@H](c3cc(F)cc(C#N)c3)N2C1=O.CC[C@@]1(C)CN2CC[C@@H](c3cncc(F)c3)N2C1=O.CC[C@@]1(C)CN2CC[C@H](c3cncc(F)c3)N2C1=O.CC[C@]1(C)CN2CC[C@@H](c3cc(F)cc(C#N)c3)N2C1=O.CC[C@]1(C)CN2CC[C@H](c3cc(F)cc(C#N)c3)N2C1=O.Cc1cncc([C@H]2CC[C@H]3CC(C)(C(C)(F)F)C(=O)N32)c1.Cc1cncc([C@H]2CC[C@H]3C[C@@](C)(C(C)(F)F)C(=O)N32)c1. The molecule has 14 aliphatic rings. The molecule has 21 rings (SSSR count). The fourth-order valence-corrected chi connectivity index (χ4v) is 23.4. The largest absolute Gasteiger partial charge is 0.332 e. The van der Waals surface area contributed by atoms with Crippen molar-refractivity contribution in [2.45, 2.75) is 280 Å². The van der Waals surface area contributed by atoms with E-state index >= 15 is 0 Å². The predicted molar refractivity (Wildman–Crippen MR) is 512 cm³/mol. The van der Waals surface area contributed by atoms with Gasteiger partial charge in [0.2, 0.25) is 41.4 Å². The van der Waals surface area contributed by atoms with Crippen LogP contribution in [0.2, 0.25) is 0 Å². The van der Waals surface area contributed by atoms with Gasteiger partial charge in [-0.2, -0.15) is 15.8 Å². The molecule has 0 spiro atoms. The highest BCUT2D eigenvalue weighted by molar-refractivity contribution is 5.90. The van der Waals surface area contributed by atoms with Gasteiger partial charge in [-0.15, -0.1) is 0 Å². The maximum Gasteiger partial charge on any atom is 0.259 e. The molecule has 7 amide bonds. The van der Waals surface area contributed by atoms with Crippen LogP contribution in [0.3, 0.4) is 0 Å². The molecule has 0 saturated carbocycles. The Morgan fingerprint density at radius 3 is 0.762 bits per heavy atom. The first-order valence-electron chi connectivity index (χ1n) is 50.0. The Morgan fingerprint density at radius 1 is 0.308 bits per heavy atom. The van der Waals surface area contributed by atoms with Gasteiger partial charge in [0, 0.05) is 129 Å². The monoisotopic (exact) mass is 1980 g/mol. The lowest BCUT2D eigenvalue weighted by Crippen LogP contribution is -2.44. The second-order valence-electron chi connectivity index (χ2n) is 43.2. The van der Waals surface area contributed by atoms with Crippen molar-refractivity contribution in [1.29, 1.82) is 15.8 Å². The van der Waals surface area contributed by atoms with Crippen molar-refractivity contribution in [3.05, 3.63) is 224 Å². The summed E-state index contributed by atoms with van der Waals surface area (Å²) in [5, 5.41) is 46.3. The molecule has 7 aromatic rings. The minimum atomic E-state index is -3.00. The van der Waals surface area contributed by atoms with Crippen LogP contribution in [0.4, 0.5) is 39.5 Å². The lowest BCUT2D eigenvalue weighted by atomic mass is 9.80. The van der Waals surface area contributed by atoms with Crippen LogP contribution in [0.1, 0.15) is 309 Å². The van der Waals surface area contributed by atoms with Crippen molar-refractivity contribution in [3.8, 4) is 18.2 Å². The summed E-state index contributed by atoms with van der Waals surface area (Å²) >= 11 is 0. The third-order valence-electron chi connectivity index (χ3n) is 33.2. The molecule has 0 bridgehead atoms. The molecule has 0 aliphatic carbocycles. The normalized spacial score (nSPS) is 30.5. The van der Waals surface area contributed by atoms with Gasteiger partial charge < -0.3 is 9.80 Å². The molecule has 0 radical (unpaired) electrons. The Labute approximate surface area is 831 Å². The van der Waals surface area contributed by atoms with Crippen molar-refractivity contribution in [3.63, 3.8) is 0 Å². The first kappa shape index (κ1) is 105. The van der Waals surface area contributed by atoms with Crippen LogP contribution in [0.5, 0.6) is 0 Å². The van der Waals surface area contributed by atoms with Crippen molar-refractivity contribution in [2.24, 2.45) is 37.9 Å². The summed E-state index contributed by atoms with van der Waals surface area (Å²) in [6, 6.07) is 24.9. The van der Waals surface area contributed by atoms with Gasteiger partial charge in [0.15, 0.2) is 0 Å². The second-order valence-corrected chi connectivity index (χ2v) is 43.2. The van der Waals surface area contributed by atoms with Crippen LogP contribution in [-0.4, -0.2) is 211 Å². The Balaban J connectivity index is 0.000000126. The van der Waals surface area contributed by atoms with Crippen LogP contribution >= 0.6 is 0 Å². The van der Waals surface area contributed by atoms with Crippen molar-refractivity contribution in [1.82, 2.24) is 79.8 Å². The minimum Gasteiger partial charge on any atom is -0.332 e. The number of carbonyl (C=O) groups excluding carboxylic acids is 7. The van der Waals surface area contributed by atoms with E-state index in [1.54, 1.807) is 80.2 Å². The van der Waals surface area contributed by atoms with E-state index in [1.165, 1.54) is 74.8 Å². The first-order chi connectivity index (χ1) is 67.5. The van der Waals surface area contributed by atoms with Crippen molar-refractivity contribution < 1.29 is 73.1 Å². The Morgan fingerprint density at radius 2 is 0.538 bits per heavy atom. The number of amides is 7. The number of hydrogen-bond acceptors (Lipinski definition) is 19. The maximum atomic E-state index is 13.9. The van der Waals surface area contributed by atoms with Crippen LogP contribution in [0, 0.1) is 115 Å². The fraction of sp³-hybridized carbons (Fsp3) is 0.556. The third-order valence-corrected chi connectivity index (χ3v) is 33.2. The van der Waals surface area contributed by atoms with E-state index in [0.717, 1.165) is 203 Å². The van der Waals surface area contributed by atoms with E-state index in [2.05, 4.69) is 45.0 Å². The number of hydrazine groups is 5. The highest BCUT2D eigenvalue weighted by atomic mass is 19.3. The smallest absolute Gasteiger partial charge is 0.259 e. The molecule has 18 heterocycles.